The molecule has 1 aromatic carbocycles. The van der Waals surface area contributed by atoms with Crippen molar-refractivity contribution in [3.63, 3.8) is 0 Å². The van der Waals surface area contributed by atoms with E-state index in [1.165, 1.54) is 29.3 Å². The summed E-state index contributed by atoms with van der Waals surface area (Å²) in [6, 6.07) is 10.1. The summed E-state index contributed by atoms with van der Waals surface area (Å²) in [6.45, 7) is 0. The number of fused-ring (bicyclic) bond motifs is 2. The van der Waals surface area contributed by atoms with Crippen LogP contribution in [-0.2, 0) is 7.05 Å². The Bertz CT molecular complexity index is 967. The second-order valence-corrected chi connectivity index (χ2v) is 6.11. The topological polar surface area (TPSA) is 48.0 Å². The molecule has 0 aliphatic heterocycles. The van der Waals surface area contributed by atoms with E-state index in [4.69, 9.17) is 11.6 Å². The molecule has 6 heteroatoms. The first kappa shape index (κ1) is 14.2. The SMILES string of the molecule is Clc1cc(C2CC2)c2nccn2n1.Cn1ncc2ccccc21. The summed E-state index contributed by atoms with van der Waals surface area (Å²) in [4.78, 5) is 4.26. The molecule has 0 spiro atoms. The van der Waals surface area contributed by atoms with Crippen molar-refractivity contribution in [1.29, 1.82) is 0 Å². The Morgan fingerprint density at radius 1 is 1.22 bits per heavy atom. The van der Waals surface area contributed by atoms with Crippen LogP contribution in [0.5, 0.6) is 0 Å². The minimum atomic E-state index is 0.549. The third-order valence-corrected chi connectivity index (χ3v) is 4.22. The van der Waals surface area contributed by atoms with Crippen LogP contribution in [0.3, 0.4) is 0 Å². The van der Waals surface area contributed by atoms with Crippen molar-refractivity contribution < 1.29 is 0 Å². The fourth-order valence-electron chi connectivity index (χ4n) is 2.71. The highest BCUT2D eigenvalue weighted by atomic mass is 35.5. The van der Waals surface area contributed by atoms with Gasteiger partial charge in [-0.3, -0.25) is 4.68 Å². The van der Waals surface area contributed by atoms with Gasteiger partial charge in [0.1, 0.15) is 5.15 Å². The first-order valence-electron chi connectivity index (χ1n) is 7.59. The van der Waals surface area contributed by atoms with Gasteiger partial charge in [-0.2, -0.15) is 10.2 Å². The highest BCUT2D eigenvalue weighted by Gasteiger charge is 2.26. The van der Waals surface area contributed by atoms with Gasteiger partial charge in [0.05, 0.1) is 11.7 Å². The van der Waals surface area contributed by atoms with E-state index >= 15 is 0 Å². The Labute approximate surface area is 138 Å². The molecule has 1 saturated carbocycles. The van der Waals surface area contributed by atoms with Gasteiger partial charge in [-0.15, -0.1) is 0 Å². The first-order chi connectivity index (χ1) is 11.2. The molecule has 0 N–H and O–H groups in total. The van der Waals surface area contributed by atoms with Crippen LogP contribution in [-0.4, -0.2) is 24.4 Å². The molecule has 23 heavy (non-hydrogen) atoms. The lowest BCUT2D eigenvalue weighted by Crippen LogP contribution is -1.95. The molecule has 0 bridgehead atoms. The van der Waals surface area contributed by atoms with Crippen molar-refractivity contribution in [1.82, 2.24) is 24.4 Å². The summed E-state index contributed by atoms with van der Waals surface area (Å²) in [5.74, 6) is 0.658. The van der Waals surface area contributed by atoms with Crippen LogP contribution in [0.2, 0.25) is 5.15 Å². The van der Waals surface area contributed by atoms with Crippen molar-refractivity contribution in [3.8, 4) is 0 Å². The third-order valence-electron chi connectivity index (χ3n) is 4.03. The second-order valence-electron chi connectivity index (χ2n) is 5.72. The fourth-order valence-corrected chi connectivity index (χ4v) is 2.91. The predicted octanol–water partition coefficient (Wildman–Crippen LogP) is 3.83. The number of benzene rings is 1. The lowest BCUT2D eigenvalue weighted by molar-refractivity contribution is 0.797. The van der Waals surface area contributed by atoms with E-state index in [1.807, 2.05) is 42.3 Å². The maximum atomic E-state index is 5.89. The lowest BCUT2D eigenvalue weighted by atomic mass is 10.2. The first-order valence-corrected chi connectivity index (χ1v) is 7.97. The average molecular weight is 326 g/mol. The molecule has 0 unspecified atom stereocenters. The Morgan fingerprint density at radius 3 is 2.83 bits per heavy atom. The maximum absolute atomic E-state index is 5.89. The molecular weight excluding hydrogens is 310 g/mol. The highest BCUT2D eigenvalue weighted by molar-refractivity contribution is 6.29. The Kier molecular flexibility index (Phi) is 3.50. The summed E-state index contributed by atoms with van der Waals surface area (Å²) >= 11 is 5.89. The smallest absolute Gasteiger partial charge is 0.157 e. The number of imidazole rings is 1. The van der Waals surface area contributed by atoms with E-state index in [9.17, 15) is 0 Å². The normalized spacial score (nSPS) is 14.0. The summed E-state index contributed by atoms with van der Waals surface area (Å²) in [5, 5.41) is 9.99. The zero-order valence-electron chi connectivity index (χ0n) is 12.7. The van der Waals surface area contributed by atoms with Gasteiger partial charge >= 0.3 is 0 Å². The van der Waals surface area contributed by atoms with Gasteiger partial charge in [0.15, 0.2) is 5.65 Å². The molecule has 116 valence electrons. The molecule has 1 aliphatic carbocycles. The summed E-state index contributed by atoms with van der Waals surface area (Å²) in [5.41, 5.74) is 3.37. The third kappa shape index (κ3) is 2.80. The Morgan fingerprint density at radius 2 is 2.04 bits per heavy atom. The van der Waals surface area contributed by atoms with Crippen molar-refractivity contribution in [2.75, 3.05) is 0 Å². The summed E-state index contributed by atoms with van der Waals surface area (Å²) in [7, 11) is 1.95. The van der Waals surface area contributed by atoms with Crippen LogP contribution in [0, 0.1) is 0 Å². The molecule has 3 aromatic heterocycles. The number of nitrogens with zero attached hydrogens (tertiary/aromatic N) is 5. The lowest BCUT2D eigenvalue weighted by Gasteiger charge is -2.00. The van der Waals surface area contributed by atoms with Crippen molar-refractivity contribution in [2.24, 2.45) is 7.05 Å². The van der Waals surface area contributed by atoms with Gasteiger partial charge < -0.3 is 0 Å². The molecular formula is C17H16ClN5. The quantitative estimate of drug-likeness (QED) is 0.534. The van der Waals surface area contributed by atoms with Gasteiger partial charge in [-0.25, -0.2) is 9.50 Å². The fraction of sp³-hybridized carbons (Fsp3) is 0.235. The van der Waals surface area contributed by atoms with E-state index in [1.54, 1.807) is 10.7 Å². The van der Waals surface area contributed by atoms with Crippen molar-refractivity contribution in [3.05, 3.63) is 59.6 Å². The largest absolute Gasteiger partial charge is 0.268 e. The zero-order chi connectivity index (χ0) is 15.8. The molecule has 3 heterocycles. The second kappa shape index (κ2) is 5.66. The van der Waals surface area contributed by atoms with Crippen LogP contribution in [0.15, 0.2) is 48.9 Å². The van der Waals surface area contributed by atoms with Crippen LogP contribution in [0.25, 0.3) is 16.6 Å². The molecule has 0 atom stereocenters. The number of hydrogen-bond acceptors (Lipinski definition) is 3. The summed E-state index contributed by atoms with van der Waals surface area (Å²) in [6.07, 6.45) is 7.96. The molecule has 4 aromatic rings. The van der Waals surface area contributed by atoms with Crippen LogP contribution >= 0.6 is 11.6 Å². The number of aryl methyl sites for hydroxylation is 1. The maximum Gasteiger partial charge on any atom is 0.157 e. The van der Waals surface area contributed by atoms with Gasteiger partial charge in [0.25, 0.3) is 0 Å². The number of halogens is 1. The molecule has 1 fully saturated rings. The number of hydrogen-bond donors (Lipinski definition) is 0. The number of aromatic nitrogens is 5. The van der Waals surface area contributed by atoms with Crippen molar-refractivity contribution in [2.45, 2.75) is 18.8 Å². The molecule has 0 saturated heterocycles. The van der Waals surface area contributed by atoms with E-state index in [-0.39, 0.29) is 0 Å². The molecule has 0 amide bonds. The van der Waals surface area contributed by atoms with Gasteiger partial charge in [-0.1, -0.05) is 29.8 Å². The Hall–Kier alpha value is -2.40. The zero-order valence-corrected chi connectivity index (χ0v) is 13.5. The monoisotopic (exact) mass is 325 g/mol. The minimum Gasteiger partial charge on any atom is -0.268 e. The molecule has 1 aliphatic rings. The van der Waals surface area contributed by atoms with E-state index in [2.05, 4.69) is 27.3 Å². The van der Waals surface area contributed by atoms with Crippen LogP contribution in [0.4, 0.5) is 0 Å². The average Bonchev–Trinajstić information content (AvgIpc) is 3.19. The molecule has 0 radical (unpaired) electrons. The predicted molar refractivity (Wildman–Crippen MR) is 90.7 cm³/mol. The molecule has 5 rings (SSSR count). The number of para-hydroxylation sites is 1. The van der Waals surface area contributed by atoms with E-state index in [0.29, 0.717) is 11.1 Å². The Balaban J connectivity index is 0.000000122. The molecule has 5 nitrogen and oxygen atoms in total. The van der Waals surface area contributed by atoms with Crippen LogP contribution < -0.4 is 0 Å². The van der Waals surface area contributed by atoms with E-state index in [0.717, 1.165) is 5.65 Å². The number of rotatable bonds is 1. The highest BCUT2D eigenvalue weighted by Crippen LogP contribution is 2.41. The van der Waals surface area contributed by atoms with Gasteiger partial charge in [0, 0.05) is 30.4 Å². The standard InChI is InChI=1S/C9H8ClN3.C8H8N2/c10-8-5-7(6-1-2-6)9-11-3-4-13(9)12-8;1-10-8-5-3-2-4-7(8)6-9-10/h3-6H,1-2H2;2-6H,1H3. The van der Waals surface area contributed by atoms with Crippen LogP contribution in [0.1, 0.15) is 24.3 Å². The van der Waals surface area contributed by atoms with E-state index < -0.39 is 0 Å². The van der Waals surface area contributed by atoms with Gasteiger partial charge in [-0.05, 0) is 30.9 Å². The summed E-state index contributed by atoms with van der Waals surface area (Å²) < 4.78 is 3.62. The minimum absolute atomic E-state index is 0.549. The van der Waals surface area contributed by atoms with Gasteiger partial charge in [0.2, 0.25) is 0 Å². The van der Waals surface area contributed by atoms with Crippen molar-refractivity contribution >= 4 is 28.2 Å².